The Morgan fingerprint density at radius 2 is 2.23 bits per heavy atom. The number of hydrogen-bond acceptors (Lipinski definition) is 4. The van der Waals surface area contributed by atoms with Crippen molar-refractivity contribution >= 4 is 23.2 Å². The summed E-state index contributed by atoms with van der Waals surface area (Å²) in [4.78, 5) is 26.3. The summed E-state index contributed by atoms with van der Waals surface area (Å²) in [6.07, 6.45) is 3.27. The van der Waals surface area contributed by atoms with Gasteiger partial charge in [0, 0.05) is 37.8 Å². The van der Waals surface area contributed by atoms with Gasteiger partial charge in [-0.3, -0.25) is 9.59 Å². The second-order valence-corrected chi connectivity index (χ2v) is 6.82. The normalized spacial score (nSPS) is 17.2. The zero-order valence-corrected chi connectivity index (χ0v) is 15.2. The fourth-order valence-corrected chi connectivity index (χ4v) is 3.28. The highest BCUT2D eigenvalue weighted by Gasteiger charge is 2.26. The van der Waals surface area contributed by atoms with E-state index in [1.54, 1.807) is 19.3 Å². The number of hydrogen-bond donors (Lipinski definition) is 1. The highest BCUT2D eigenvalue weighted by Crippen LogP contribution is 2.22. The van der Waals surface area contributed by atoms with Crippen molar-refractivity contribution in [1.82, 2.24) is 15.1 Å². The van der Waals surface area contributed by atoms with Crippen molar-refractivity contribution in [1.29, 1.82) is 0 Å². The Kier molecular flexibility index (Phi) is 5.56. The van der Waals surface area contributed by atoms with Crippen LogP contribution in [-0.4, -0.2) is 28.8 Å². The molecule has 0 saturated carbocycles. The molecule has 1 N–H and O–H groups in total. The molecule has 8 heteroatoms. The molecule has 1 aromatic carbocycles. The van der Waals surface area contributed by atoms with Crippen LogP contribution in [0.5, 0.6) is 0 Å². The summed E-state index contributed by atoms with van der Waals surface area (Å²) >= 11 is 5.99. The Bertz CT molecular complexity index is 871. The summed E-state index contributed by atoms with van der Waals surface area (Å²) in [6, 6.07) is 5.65. The first-order chi connectivity index (χ1) is 12.4. The van der Waals surface area contributed by atoms with Gasteiger partial charge in [-0.05, 0) is 30.5 Å². The zero-order chi connectivity index (χ0) is 18.7. The number of rotatable bonds is 4. The van der Waals surface area contributed by atoms with Crippen LogP contribution in [-0.2, 0) is 18.4 Å². The van der Waals surface area contributed by atoms with E-state index in [0.29, 0.717) is 17.1 Å². The fourth-order valence-electron chi connectivity index (χ4n) is 3.05. The monoisotopic (exact) mass is 378 g/mol. The van der Waals surface area contributed by atoms with Crippen molar-refractivity contribution in [2.75, 3.05) is 18.0 Å². The van der Waals surface area contributed by atoms with Crippen LogP contribution < -0.4 is 15.8 Å². The molecule has 26 heavy (non-hydrogen) atoms. The third-order valence-corrected chi connectivity index (χ3v) is 4.93. The van der Waals surface area contributed by atoms with Gasteiger partial charge in [0.1, 0.15) is 5.82 Å². The molecule has 1 amide bonds. The number of benzene rings is 1. The third kappa shape index (κ3) is 4.22. The van der Waals surface area contributed by atoms with Crippen LogP contribution in [0, 0.1) is 11.7 Å². The Morgan fingerprint density at radius 1 is 1.42 bits per heavy atom. The molecule has 0 radical (unpaired) electrons. The fraction of sp³-hybridized carbons (Fsp3) is 0.389. The van der Waals surface area contributed by atoms with E-state index in [2.05, 4.69) is 10.4 Å². The van der Waals surface area contributed by atoms with Crippen LogP contribution >= 0.6 is 11.6 Å². The third-order valence-electron chi connectivity index (χ3n) is 4.58. The predicted molar refractivity (Wildman–Crippen MR) is 97.7 cm³/mol. The van der Waals surface area contributed by atoms with Gasteiger partial charge in [-0.2, -0.15) is 5.10 Å². The van der Waals surface area contributed by atoms with Gasteiger partial charge in [0.15, 0.2) is 0 Å². The van der Waals surface area contributed by atoms with Gasteiger partial charge in [-0.15, -0.1) is 0 Å². The zero-order valence-electron chi connectivity index (χ0n) is 14.4. The number of aryl methyl sites for hydroxylation is 1. The molecule has 0 bridgehead atoms. The maximum absolute atomic E-state index is 13.1. The Hall–Kier alpha value is -2.41. The first-order valence-electron chi connectivity index (χ1n) is 8.44. The minimum absolute atomic E-state index is 0.0770. The molecule has 3 rings (SSSR count). The van der Waals surface area contributed by atoms with Gasteiger partial charge in [0.05, 0.1) is 17.8 Å². The van der Waals surface area contributed by atoms with Crippen molar-refractivity contribution in [3.8, 4) is 0 Å². The minimum atomic E-state index is -0.407. The van der Waals surface area contributed by atoms with E-state index in [9.17, 15) is 14.0 Å². The number of nitrogens with zero attached hydrogens (tertiary/aromatic N) is 3. The Balaban J connectivity index is 1.62. The molecule has 0 aliphatic carbocycles. The number of anilines is 1. The predicted octanol–water partition coefficient (Wildman–Crippen LogP) is 2.11. The molecule has 1 fully saturated rings. The number of carbonyl (C=O) groups excluding carboxylic acids is 1. The molecule has 138 valence electrons. The lowest BCUT2D eigenvalue weighted by Gasteiger charge is -2.33. The second-order valence-electron chi connectivity index (χ2n) is 6.41. The topological polar surface area (TPSA) is 67.2 Å². The number of piperidine rings is 1. The van der Waals surface area contributed by atoms with Crippen LogP contribution in [0.15, 0.2) is 35.3 Å². The lowest BCUT2D eigenvalue weighted by atomic mass is 9.96. The number of halogens is 2. The standard InChI is InChI=1S/C18H20ClFN4O2/c1-23-17(25)8-15(10-22-23)24-6-2-3-13(11-24)18(26)21-9-12-4-5-14(20)7-16(12)19/h4-5,7-8,10,13H,2-3,6,9,11H2,1H3,(H,21,26)/t13-/m1/s1. The van der Waals surface area contributed by atoms with Gasteiger partial charge in [0.2, 0.25) is 5.91 Å². The van der Waals surface area contributed by atoms with E-state index in [-0.39, 0.29) is 23.9 Å². The van der Waals surface area contributed by atoms with Crippen LogP contribution in [0.4, 0.5) is 10.1 Å². The summed E-state index contributed by atoms with van der Waals surface area (Å²) in [6.45, 7) is 1.56. The smallest absolute Gasteiger partial charge is 0.268 e. The number of amides is 1. The molecule has 0 unspecified atom stereocenters. The highest BCUT2D eigenvalue weighted by atomic mass is 35.5. The summed E-state index contributed by atoms with van der Waals surface area (Å²) in [7, 11) is 1.60. The Labute approximate surface area is 155 Å². The number of nitrogens with one attached hydrogen (secondary N) is 1. The van der Waals surface area contributed by atoms with E-state index in [1.807, 2.05) is 4.90 Å². The number of carbonyl (C=O) groups is 1. The average molecular weight is 379 g/mol. The van der Waals surface area contributed by atoms with Gasteiger partial charge in [-0.25, -0.2) is 9.07 Å². The second kappa shape index (κ2) is 7.86. The van der Waals surface area contributed by atoms with E-state index in [0.717, 1.165) is 25.1 Å². The van der Waals surface area contributed by atoms with Crippen LogP contribution in [0.2, 0.25) is 5.02 Å². The minimum Gasteiger partial charge on any atom is -0.369 e. The lowest BCUT2D eigenvalue weighted by molar-refractivity contribution is -0.125. The summed E-state index contributed by atoms with van der Waals surface area (Å²) in [5, 5.41) is 7.19. The molecule has 2 heterocycles. The molecule has 2 aromatic rings. The van der Waals surface area contributed by atoms with Crippen molar-refractivity contribution in [3.05, 3.63) is 57.2 Å². The summed E-state index contributed by atoms with van der Waals surface area (Å²) in [5.74, 6) is -0.672. The molecular formula is C18H20ClFN4O2. The molecule has 0 spiro atoms. The van der Waals surface area contributed by atoms with Crippen LogP contribution in [0.3, 0.4) is 0 Å². The van der Waals surface area contributed by atoms with E-state index < -0.39 is 5.82 Å². The molecular weight excluding hydrogens is 359 g/mol. The average Bonchev–Trinajstić information content (AvgIpc) is 2.63. The van der Waals surface area contributed by atoms with Gasteiger partial charge < -0.3 is 10.2 Å². The molecule has 1 aromatic heterocycles. The van der Waals surface area contributed by atoms with Crippen LogP contribution in [0.1, 0.15) is 18.4 Å². The molecule has 6 nitrogen and oxygen atoms in total. The quantitative estimate of drug-likeness (QED) is 0.884. The van der Waals surface area contributed by atoms with Gasteiger partial charge in [-0.1, -0.05) is 17.7 Å². The SMILES string of the molecule is Cn1ncc(N2CCC[C@@H](C(=O)NCc3ccc(F)cc3Cl)C2)cc1=O. The van der Waals surface area contributed by atoms with E-state index in [1.165, 1.54) is 22.9 Å². The molecule has 1 atom stereocenters. The summed E-state index contributed by atoms with van der Waals surface area (Å²) < 4.78 is 14.4. The van der Waals surface area contributed by atoms with Crippen LogP contribution in [0.25, 0.3) is 0 Å². The molecule has 1 aliphatic heterocycles. The molecule has 1 saturated heterocycles. The van der Waals surface area contributed by atoms with Crippen molar-refractivity contribution in [2.24, 2.45) is 13.0 Å². The highest BCUT2D eigenvalue weighted by molar-refractivity contribution is 6.31. The lowest BCUT2D eigenvalue weighted by Crippen LogP contribution is -2.43. The Morgan fingerprint density at radius 3 is 2.96 bits per heavy atom. The molecule has 1 aliphatic rings. The first-order valence-corrected chi connectivity index (χ1v) is 8.82. The van der Waals surface area contributed by atoms with E-state index >= 15 is 0 Å². The van der Waals surface area contributed by atoms with Crippen molar-refractivity contribution in [3.63, 3.8) is 0 Å². The largest absolute Gasteiger partial charge is 0.369 e. The first kappa shape index (κ1) is 18.4. The maximum atomic E-state index is 13.1. The van der Waals surface area contributed by atoms with Crippen molar-refractivity contribution in [2.45, 2.75) is 19.4 Å². The number of aromatic nitrogens is 2. The summed E-state index contributed by atoms with van der Waals surface area (Å²) in [5.41, 5.74) is 1.22. The maximum Gasteiger partial charge on any atom is 0.268 e. The van der Waals surface area contributed by atoms with Crippen molar-refractivity contribution < 1.29 is 9.18 Å². The van der Waals surface area contributed by atoms with Gasteiger partial charge >= 0.3 is 0 Å². The van der Waals surface area contributed by atoms with E-state index in [4.69, 9.17) is 11.6 Å². The van der Waals surface area contributed by atoms with Gasteiger partial charge in [0.25, 0.3) is 5.56 Å².